The molecule has 1 atom stereocenters. The Kier molecular flexibility index (Phi) is 7.24. The van der Waals surface area contributed by atoms with Gasteiger partial charge in [-0.05, 0) is 31.9 Å². The number of nitrogens with zero attached hydrogens (tertiary/aromatic N) is 3. The molecule has 0 bridgehead atoms. The largest absolute Gasteiger partial charge is 0.495 e. The number of hydrogen-bond acceptors (Lipinski definition) is 6. The van der Waals surface area contributed by atoms with Gasteiger partial charge in [-0.2, -0.15) is 4.98 Å². The third kappa shape index (κ3) is 5.35. The maximum atomic E-state index is 13.3. The van der Waals surface area contributed by atoms with Crippen LogP contribution in [0.15, 0.2) is 36.5 Å². The van der Waals surface area contributed by atoms with E-state index in [0.717, 1.165) is 25.7 Å². The summed E-state index contributed by atoms with van der Waals surface area (Å²) < 4.78 is 10.7. The molecule has 156 valence electrons. The molecule has 8 heteroatoms. The van der Waals surface area contributed by atoms with Crippen LogP contribution in [-0.2, 0) is 4.74 Å². The van der Waals surface area contributed by atoms with E-state index in [2.05, 4.69) is 20.6 Å². The fourth-order valence-electron chi connectivity index (χ4n) is 3.52. The zero-order valence-electron chi connectivity index (χ0n) is 17.2. The maximum absolute atomic E-state index is 13.3. The van der Waals surface area contributed by atoms with Crippen molar-refractivity contribution in [1.29, 1.82) is 0 Å². The average molecular weight is 399 g/mol. The highest BCUT2D eigenvalue weighted by Crippen LogP contribution is 2.33. The number of rotatable bonds is 8. The molecule has 1 aliphatic rings. The van der Waals surface area contributed by atoms with Gasteiger partial charge < -0.3 is 20.1 Å². The minimum absolute atomic E-state index is 0.0299. The lowest BCUT2D eigenvalue weighted by molar-refractivity contribution is 0.190. The molecule has 2 aromatic rings. The Hall–Kier alpha value is -2.87. The van der Waals surface area contributed by atoms with Gasteiger partial charge in [-0.3, -0.25) is 0 Å². The molecule has 1 fully saturated rings. The van der Waals surface area contributed by atoms with Gasteiger partial charge in [-0.1, -0.05) is 25.0 Å². The number of urea groups is 1. The Morgan fingerprint density at radius 3 is 2.72 bits per heavy atom. The molecule has 0 spiro atoms. The molecule has 29 heavy (non-hydrogen) atoms. The monoisotopic (exact) mass is 399 g/mol. The number of benzene rings is 1. The number of hydrogen-bond donors (Lipinski definition) is 2. The van der Waals surface area contributed by atoms with Gasteiger partial charge in [0.2, 0.25) is 5.95 Å². The van der Waals surface area contributed by atoms with Crippen LogP contribution in [0.1, 0.15) is 32.6 Å². The van der Waals surface area contributed by atoms with E-state index in [0.29, 0.717) is 29.8 Å². The molecule has 1 aromatic carbocycles. The first-order valence-electron chi connectivity index (χ1n) is 9.94. The lowest BCUT2D eigenvalue weighted by atomic mass is 10.2. The smallest absolute Gasteiger partial charge is 0.328 e. The SMILES string of the molecule is COC[C@H](C)Nc1nccc(N(C(=O)NC2CCCC2)c2ccccc2OC)n1. The van der Waals surface area contributed by atoms with Gasteiger partial charge in [0.15, 0.2) is 0 Å². The van der Waals surface area contributed by atoms with Crippen molar-refractivity contribution in [3.05, 3.63) is 36.5 Å². The zero-order valence-corrected chi connectivity index (χ0v) is 17.2. The van der Waals surface area contributed by atoms with E-state index < -0.39 is 0 Å². The molecule has 1 heterocycles. The average Bonchev–Trinajstić information content (AvgIpc) is 3.22. The third-order valence-corrected chi connectivity index (χ3v) is 4.87. The summed E-state index contributed by atoms with van der Waals surface area (Å²) in [6, 6.07) is 9.11. The molecular formula is C21H29N5O3. The molecule has 1 aromatic heterocycles. The zero-order chi connectivity index (χ0) is 20.6. The highest BCUT2D eigenvalue weighted by molar-refractivity contribution is 6.00. The Balaban J connectivity index is 1.93. The number of ether oxygens (including phenoxy) is 2. The minimum atomic E-state index is -0.226. The molecule has 0 unspecified atom stereocenters. The quantitative estimate of drug-likeness (QED) is 0.703. The first-order chi connectivity index (χ1) is 14.1. The number of methoxy groups -OCH3 is 2. The Bertz CT molecular complexity index is 810. The summed E-state index contributed by atoms with van der Waals surface area (Å²) in [7, 11) is 3.23. The van der Waals surface area contributed by atoms with Crippen LogP contribution in [0.25, 0.3) is 0 Å². The topological polar surface area (TPSA) is 88.6 Å². The summed E-state index contributed by atoms with van der Waals surface area (Å²) in [6.45, 7) is 2.50. The summed E-state index contributed by atoms with van der Waals surface area (Å²) in [4.78, 5) is 23.7. The van der Waals surface area contributed by atoms with Crippen LogP contribution in [0.4, 0.5) is 22.2 Å². The number of anilines is 3. The molecule has 1 aliphatic carbocycles. The van der Waals surface area contributed by atoms with Gasteiger partial charge in [0.1, 0.15) is 11.6 Å². The van der Waals surface area contributed by atoms with Crippen LogP contribution in [0.3, 0.4) is 0 Å². The van der Waals surface area contributed by atoms with Crippen LogP contribution >= 0.6 is 0 Å². The molecule has 1 saturated carbocycles. The third-order valence-electron chi connectivity index (χ3n) is 4.87. The molecule has 2 N–H and O–H groups in total. The molecular weight excluding hydrogens is 370 g/mol. The van der Waals surface area contributed by atoms with Crippen molar-refractivity contribution in [3.63, 3.8) is 0 Å². The molecule has 8 nitrogen and oxygen atoms in total. The fraction of sp³-hybridized carbons (Fsp3) is 0.476. The standard InChI is InChI=1S/C21H29N5O3/c1-15(14-28-2)23-20-22-13-12-19(25-20)26(17-10-6-7-11-18(17)29-3)21(27)24-16-8-4-5-9-16/h6-7,10-13,15-16H,4-5,8-9,14H2,1-3H3,(H,24,27)(H,22,23,25)/t15-/m0/s1. The van der Waals surface area contributed by atoms with Crippen molar-refractivity contribution in [2.45, 2.75) is 44.7 Å². The number of amides is 2. The lowest BCUT2D eigenvalue weighted by Gasteiger charge is -2.26. The minimum Gasteiger partial charge on any atom is -0.495 e. The van der Waals surface area contributed by atoms with Crippen LogP contribution in [0.2, 0.25) is 0 Å². The van der Waals surface area contributed by atoms with Crippen LogP contribution in [-0.4, -0.2) is 48.9 Å². The molecule has 0 radical (unpaired) electrons. The van der Waals surface area contributed by atoms with Crippen LogP contribution < -0.4 is 20.3 Å². The highest BCUT2D eigenvalue weighted by Gasteiger charge is 2.26. The van der Waals surface area contributed by atoms with E-state index >= 15 is 0 Å². The first kappa shape index (κ1) is 20.9. The van der Waals surface area contributed by atoms with Gasteiger partial charge in [0.25, 0.3) is 0 Å². The number of nitrogens with one attached hydrogen (secondary N) is 2. The Morgan fingerprint density at radius 2 is 2.00 bits per heavy atom. The number of carbonyl (C=O) groups excluding carboxylic acids is 1. The van der Waals surface area contributed by atoms with Crippen molar-refractivity contribution >= 4 is 23.5 Å². The van der Waals surface area contributed by atoms with Crippen molar-refractivity contribution in [2.24, 2.45) is 0 Å². The van der Waals surface area contributed by atoms with Gasteiger partial charge >= 0.3 is 6.03 Å². The van der Waals surface area contributed by atoms with Gasteiger partial charge in [-0.15, -0.1) is 0 Å². The molecule has 3 rings (SSSR count). The van der Waals surface area contributed by atoms with Gasteiger partial charge in [0.05, 0.1) is 19.4 Å². The maximum Gasteiger partial charge on any atom is 0.328 e. The van der Waals surface area contributed by atoms with Crippen LogP contribution in [0, 0.1) is 0 Å². The number of aromatic nitrogens is 2. The summed E-state index contributed by atoms with van der Waals surface area (Å²) in [5.74, 6) is 1.49. The normalized spacial score (nSPS) is 15.0. The van der Waals surface area contributed by atoms with E-state index in [1.54, 1.807) is 31.4 Å². The Labute approximate surface area is 171 Å². The summed E-state index contributed by atoms with van der Waals surface area (Å²) in [5, 5.41) is 6.33. The van der Waals surface area contributed by atoms with Gasteiger partial charge in [0, 0.05) is 31.5 Å². The molecule has 2 amide bonds. The summed E-state index contributed by atoms with van der Waals surface area (Å²) in [6.07, 6.45) is 5.90. The first-order valence-corrected chi connectivity index (χ1v) is 9.94. The van der Waals surface area contributed by atoms with Crippen molar-refractivity contribution in [3.8, 4) is 5.75 Å². The van der Waals surface area contributed by atoms with Crippen molar-refractivity contribution in [1.82, 2.24) is 15.3 Å². The van der Waals surface area contributed by atoms with E-state index in [1.807, 2.05) is 31.2 Å². The second-order valence-electron chi connectivity index (χ2n) is 7.18. The van der Waals surface area contributed by atoms with E-state index in [9.17, 15) is 4.79 Å². The predicted molar refractivity (Wildman–Crippen MR) is 113 cm³/mol. The Morgan fingerprint density at radius 1 is 1.24 bits per heavy atom. The summed E-state index contributed by atoms with van der Waals surface area (Å²) >= 11 is 0. The van der Waals surface area contributed by atoms with Crippen LogP contribution in [0.5, 0.6) is 5.75 Å². The second kappa shape index (κ2) is 10.1. The number of carbonyl (C=O) groups is 1. The fourth-order valence-corrected chi connectivity index (χ4v) is 3.52. The summed E-state index contributed by atoms with van der Waals surface area (Å²) in [5.41, 5.74) is 0.625. The van der Waals surface area contributed by atoms with E-state index in [-0.39, 0.29) is 18.1 Å². The predicted octanol–water partition coefficient (Wildman–Crippen LogP) is 3.72. The molecule has 0 saturated heterocycles. The van der Waals surface area contributed by atoms with E-state index in [4.69, 9.17) is 9.47 Å². The number of para-hydroxylation sites is 2. The van der Waals surface area contributed by atoms with Crippen molar-refractivity contribution in [2.75, 3.05) is 31.0 Å². The molecule has 0 aliphatic heterocycles. The highest BCUT2D eigenvalue weighted by atomic mass is 16.5. The van der Waals surface area contributed by atoms with Crippen molar-refractivity contribution < 1.29 is 14.3 Å². The van der Waals surface area contributed by atoms with E-state index in [1.165, 1.54) is 0 Å². The lowest BCUT2D eigenvalue weighted by Crippen LogP contribution is -2.42. The second-order valence-corrected chi connectivity index (χ2v) is 7.18. The van der Waals surface area contributed by atoms with Gasteiger partial charge in [-0.25, -0.2) is 14.7 Å².